The SMILES string of the molecule is CCCCCCCCCCCCCCCCC(C)(CC)OS(=O)(=O)OCC.N. The molecule has 0 aromatic heterocycles. The van der Waals surface area contributed by atoms with Crippen LogP contribution in [0, 0.1) is 0 Å². The van der Waals surface area contributed by atoms with Crippen LogP contribution in [-0.4, -0.2) is 20.6 Å². The van der Waals surface area contributed by atoms with Gasteiger partial charge >= 0.3 is 10.4 Å². The standard InChI is InChI=1S/C22H46O4S.H3N/c1-5-8-9-10-11-12-13-14-15-16-17-18-19-20-21-22(4,6-2)26-27(23,24)25-7-3;/h5-21H2,1-4H3;1H3. The van der Waals surface area contributed by atoms with Crippen LogP contribution in [0.15, 0.2) is 0 Å². The molecule has 1 unspecified atom stereocenters. The number of hydrogen-bond donors (Lipinski definition) is 1. The van der Waals surface area contributed by atoms with Crippen LogP contribution in [-0.2, 0) is 18.8 Å². The van der Waals surface area contributed by atoms with Crippen LogP contribution in [0.3, 0.4) is 0 Å². The minimum absolute atomic E-state index is 0. The third-order valence-corrected chi connectivity index (χ3v) is 6.50. The van der Waals surface area contributed by atoms with Gasteiger partial charge in [0.25, 0.3) is 0 Å². The van der Waals surface area contributed by atoms with Gasteiger partial charge in [0.15, 0.2) is 0 Å². The van der Waals surface area contributed by atoms with E-state index in [0.29, 0.717) is 6.42 Å². The van der Waals surface area contributed by atoms with Crippen molar-refractivity contribution in [3.05, 3.63) is 0 Å². The fourth-order valence-electron chi connectivity index (χ4n) is 3.39. The Hall–Kier alpha value is -0.170. The van der Waals surface area contributed by atoms with Crippen molar-refractivity contribution in [3.8, 4) is 0 Å². The first-order chi connectivity index (χ1) is 12.9. The molecule has 0 bridgehead atoms. The molecule has 0 aromatic carbocycles. The highest BCUT2D eigenvalue weighted by Crippen LogP contribution is 2.26. The van der Waals surface area contributed by atoms with E-state index in [4.69, 9.17) is 8.37 Å². The molecule has 0 spiro atoms. The molecule has 0 aliphatic carbocycles. The van der Waals surface area contributed by atoms with Gasteiger partial charge in [-0.1, -0.05) is 104 Å². The van der Waals surface area contributed by atoms with E-state index in [1.807, 2.05) is 13.8 Å². The maximum absolute atomic E-state index is 11.7. The highest BCUT2D eigenvalue weighted by Gasteiger charge is 2.29. The van der Waals surface area contributed by atoms with Crippen LogP contribution < -0.4 is 6.15 Å². The second-order valence-electron chi connectivity index (χ2n) is 8.05. The summed E-state index contributed by atoms with van der Waals surface area (Å²) in [5.74, 6) is 0. The number of hydrogen-bond acceptors (Lipinski definition) is 5. The summed E-state index contributed by atoms with van der Waals surface area (Å²) in [6.07, 6.45) is 19.9. The van der Waals surface area contributed by atoms with E-state index in [-0.39, 0.29) is 12.8 Å². The van der Waals surface area contributed by atoms with Crippen molar-refractivity contribution < 1.29 is 16.8 Å². The van der Waals surface area contributed by atoms with E-state index >= 15 is 0 Å². The van der Waals surface area contributed by atoms with E-state index in [9.17, 15) is 8.42 Å². The Labute approximate surface area is 176 Å². The molecule has 0 amide bonds. The Morgan fingerprint density at radius 1 is 0.679 bits per heavy atom. The van der Waals surface area contributed by atoms with Gasteiger partial charge in [0.2, 0.25) is 0 Å². The van der Waals surface area contributed by atoms with Gasteiger partial charge in [-0.25, -0.2) is 8.37 Å². The second-order valence-corrected chi connectivity index (χ2v) is 9.27. The van der Waals surface area contributed by atoms with Gasteiger partial charge in [0.1, 0.15) is 0 Å². The lowest BCUT2D eigenvalue weighted by Crippen LogP contribution is -2.31. The Bertz CT molecular complexity index is 428. The van der Waals surface area contributed by atoms with Crippen molar-refractivity contribution in [2.75, 3.05) is 6.61 Å². The molecule has 0 saturated heterocycles. The molecule has 0 aliphatic heterocycles. The molecule has 0 fully saturated rings. The molecule has 5 nitrogen and oxygen atoms in total. The van der Waals surface area contributed by atoms with Crippen LogP contribution in [0.2, 0.25) is 0 Å². The van der Waals surface area contributed by atoms with Gasteiger partial charge < -0.3 is 6.15 Å². The van der Waals surface area contributed by atoms with E-state index in [1.165, 1.54) is 77.0 Å². The molecule has 3 N–H and O–H groups in total. The molecule has 0 aliphatic rings. The monoisotopic (exact) mass is 423 g/mol. The Balaban J connectivity index is 0. The summed E-state index contributed by atoms with van der Waals surface area (Å²) < 4.78 is 33.4. The zero-order valence-corrected chi connectivity index (χ0v) is 20.1. The third-order valence-electron chi connectivity index (χ3n) is 5.37. The minimum atomic E-state index is -3.87. The lowest BCUT2D eigenvalue weighted by Gasteiger charge is -2.27. The fourth-order valence-corrected chi connectivity index (χ4v) is 4.42. The normalized spacial score (nSPS) is 13.9. The first kappa shape index (κ1) is 30.0. The summed E-state index contributed by atoms with van der Waals surface area (Å²) in [5, 5.41) is 0. The molecule has 172 valence electrons. The highest BCUT2D eigenvalue weighted by molar-refractivity contribution is 7.81. The zero-order chi connectivity index (χ0) is 20.4. The molecule has 0 saturated carbocycles. The summed E-state index contributed by atoms with van der Waals surface area (Å²) in [4.78, 5) is 0. The molecule has 1 atom stereocenters. The molecular weight excluding hydrogens is 374 g/mol. The zero-order valence-electron chi connectivity index (χ0n) is 19.3. The van der Waals surface area contributed by atoms with Crippen molar-refractivity contribution in [3.63, 3.8) is 0 Å². The highest BCUT2D eigenvalue weighted by atomic mass is 32.3. The van der Waals surface area contributed by atoms with Crippen molar-refractivity contribution in [2.24, 2.45) is 0 Å². The molecule has 0 rings (SSSR count). The van der Waals surface area contributed by atoms with Crippen LogP contribution in [0.5, 0.6) is 0 Å². The topological polar surface area (TPSA) is 87.6 Å². The third kappa shape index (κ3) is 17.9. The predicted octanol–water partition coefficient (Wildman–Crippen LogP) is 7.49. The van der Waals surface area contributed by atoms with Gasteiger partial charge in [-0.05, 0) is 26.7 Å². The quantitative estimate of drug-likeness (QED) is 0.205. The van der Waals surface area contributed by atoms with E-state index < -0.39 is 16.0 Å². The van der Waals surface area contributed by atoms with Crippen molar-refractivity contribution in [1.82, 2.24) is 6.15 Å². The van der Waals surface area contributed by atoms with Gasteiger partial charge in [-0.15, -0.1) is 0 Å². The Morgan fingerprint density at radius 3 is 1.43 bits per heavy atom. The number of rotatable bonds is 20. The summed E-state index contributed by atoms with van der Waals surface area (Å²) in [5.41, 5.74) is -0.648. The first-order valence-electron chi connectivity index (χ1n) is 11.5. The average Bonchev–Trinajstić information content (AvgIpc) is 2.61. The molecule has 28 heavy (non-hydrogen) atoms. The fraction of sp³-hybridized carbons (Fsp3) is 1.00. The average molecular weight is 424 g/mol. The van der Waals surface area contributed by atoms with E-state index in [1.54, 1.807) is 6.92 Å². The van der Waals surface area contributed by atoms with Crippen molar-refractivity contribution in [2.45, 2.75) is 136 Å². The van der Waals surface area contributed by atoms with Gasteiger partial charge in [0, 0.05) is 0 Å². The van der Waals surface area contributed by atoms with Crippen LogP contribution >= 0.6 is 0 Å². The van der Waals surface area contributed by atoms with Gasteiger partial charge in [-0.3, -0.25) is 0 Å². The molecule has 6 heteroatoms. The molecule has 0 aromatic rings. The smallest absolute Gasteiger partial charge is 0.344 e. The van der Waals surface area contributed by atoms with Gasteiger partial charge in [-0.2, -0.15) is 8.42 Å². The number of unbranched alkanes of at least 4 members (excludes halogenated alkanes) is 13. The summed E-state index contributed by atoms with van der Waals surface area (Å²) in [7, 11) is -3.87. The second kappa shape index (κ2) is 18.8. The van der Waals surface area contributed by atoms with E-state index in [2.05, 4.69) is 6.92 Å². The van der Waals surface area contributed by atoms with Crippen molar-refractivity contribution in [1.29, 1.82) is 0 Å². The largest absolute Gasteiger partial charge is 0.400 e. The maximum atomic E-state index is 11.7. The van der Waals surface area contributed by atoms with Crippen LogP contribution in [0.4, 0.5) is 0 Å². The minimum Gasteiger partial charge on any atom is -0.344 e. The lowest BCUT2D eigenvalue weighted by molar-refractivity contribution is 0.0568. The molecular formula is C22H49NO4S. The van der Waals surface area contributed by atoms with Crippen LogP contribution in [0.1, 0.15) is 130 Å². The Morgan fingerprint density at radius 2 is 1.07 bits per heavy atom. The summed E-state index contributed by atoms with van der Waals surface area (Å²) in [6.45, 7) is 7.86. The Kier molecular flexibility index (Phi) is 20.2. The predicted molar refractivity (Wildman–Crippen MR) is 120 cm³/mol. The van der Waals surface area contributed by atoms with Crippen molar-refractivity contribution >= 4 is 10.4 Å². The van der Waals surface area contributed by atoms with Crippen LogP contribution in [0.25, 0.3) is 0 Å². The molecule has 0 radical (unpaired) electrons. The molecule has 0 heterocycles. The lowest BCUT2D eigenvalue weighted by atomic mass is 9.95. The van der Waals surface area contributed by atoms with E-state index in [0.717, 1.165) is 19.3 Å². The maximum Gasteiger partial charge on any atom is 0.400 e. The van der Waals surface area contributed by atoms with Gasteiger partial charge in [0.05, 0.1) is 12.2 Å². The first-order valence-corrected chi connectivity index (χ1v) is 12.8. The summed E-state index contributed by atoms with van der Waals surface area (Å²) >= 11 is 0. The summed E-state index contributed by atoms with van der Waals surface area (Å²) in [6, 6.07) is 0.